The van der Waals surface area contributed by atoms with E-state index in [2.05, 4.69) is 24.5 Å². The Bertz CT molecular complexity index is 697. The summed E-state index contributed by atoms with van der Waals surface area (Å²) in [7, 11) is 0. The number of carbonyl (C=O) groups excluding carboxylic acids is 1. The Labute approximate surface area is 136 Å². The molecule has 1 unspecified atom stereocenters. The second kappa shape index (κ2) is 8.13. The van der Waals surface area contributed by atoms with Gasteiger partial charge in [0, 0.05) is 17.5 Å². The van der Waals surface area contributed by atoms with Gasteiger partial charge in [-0.05, 0) is 36.1 Å². The predicted octanol–water partition coefficient (Wildman–Crippen LogP) is 5.13. The molecule has 3 nitrogen and oxygen atoms in total. The summed E-state index contributed by atoms with van der Waals surface area (Å²) in [6, 6.07) is 13.8. The minimum Gasteiger partial charge on any atom is -0.314 e. The highest BCUT2D eigenvalue weighted by atomic mass is 19.1. The maximum atomic E-state index is 13.5. The van der Waals surface area contributed by atoms with E-state index in [0.717, 1.165) is 17.7 Å². The molecule has 0 aliphatic heterocycles. The SMILES string of the molecule is CCC(C)c1ccccc1NC(=O)N/C=C/c1ccccc1F. The van der Waals surface area contributed by atoms with Crippen LogP contribution in [0, 0.1) is 5.82 Å². The maximum absolute atomic E-state index is 13.5. The topological polar surface area (TPSA) is 41.1 Å². The molecule has 2 N–H and O–H groups in total. The molecular weight excluding hydrogens is 291 g/mol. The van der Waals surface area contributed by atoms with Crippen LogP contribution in [0.15, 0.2) is 54.7 Å². The van der Waals surface area contributed by atoms with Crippen LogP contribution in [0.5, 0.6) is 0 Å². The van der Waals surface area contributed by atoms with Crippen LogP contribution in [0.4, 0.5) is 14.9 Å². The predicted molar refractivity (Wildman–Crippen MR) is 92.7 cm³/mol. The zero-order valence-corrected chi connectivity index (χ0v) is 13.3. The van der Waals surface area contributed by atoms with E-state index in [0.29, 0.717) is 11.5 Å². The number of rotatable bonds is 5. The van der Waals surface area contributed by atoms with Gasteiger partial charge in [0.1, 0.15) is 5.82 Å². The lowest BCUT2D eigenvalue weighted by molar-refractivity contribution is 0.255. The van der Waals surface area contributed by atoms with Crippen molar-refractivity contribution >= 4 is 17.8 Å². The summed E-state index contributed by atoms with van der Waals surface area (Å²) >= 11 is 0. The van der Waals surface area contributed by atoms with E-state index in [9.17, 15) is 9.18 Å². The molecule has 120 valence electrons. The van der Waals surface area contributed by atoms with Gasteiger partial charge in [0.2, 0.25) is 0 Å². The minimum atomic E-state index is -0.353. The van der Waals surface area contributed by atoms with Crippen molar-refractivity contribution in [2.24, 2.45) is 0 Å². The molecule has 4 heteroatoms. The number of anilines is 1. The number of para-hydroxylation sites is 1. The molecule has 0 radical (unpaired) electrons. The molecule has 0 saturated carbocycles. The molecule has 2 amide bonds. The number of carbonyl (C=O) groups is 1. The summed E-state index contributed by atoms with van der Waals surface area (Å²) in [4.78, 5) is 12.0. The molecule has 0 fully saturated rings. The Balaban J connectivity index is 1.99. The van der Waals surface area contributed by atoms with Crippen molar-refractivity contribution in [1.29, 1.82) is 0 Å². The van der Waals surface area contributed by atoms with Crippen LogP contribution in [-0.4, -0.2) is 6.03 Å². The van der Waals surface area contributed by atoms with E-state index < -0.39 is 0 Å². The standard InChI is InChI=1S/C19H21FN2O/c1-3-14(2)16-9-5-7-11-18(16)22-19(23)21-13-12-15-8-4-6-10-17(15)20/h4-14H,3H2,1-2H3,(H2,21,22,23)/b13-12+. The minimum absolute atomic E-state index is 0.326. The van der Waals surface area contributed by atoms with Crippen LogP contribution in [0.2, 0.25) is 0 Å². The number of halogens is 1. The molecule has 2 aromatic rings. The number of benzene rings is 2. The first-order chi connectivity index (χ1) is 11.1. The molecule has 2 rings (SSSR count). The van der Waals surface area contributed by atoms with E-state index in [1.54, 1.807) is 18.2 Å². The number of urea groups is 1. The molecule has 1 atom stereocenters. The van der Waals surface area contributed by atoms with Crippen LogP contribution < -0.4 is 10.6 Å². The highest BCUT2D eigenvalue weighted by molar-refractivity contribution is 5.91. The molecule has 0 spiro atoms. The summed E-state index contributed by atoms with van der Waals surface area (Å²) in [5.74, 6) is 0.0357. The Morgan fingerprint density at radius 2 is 1.87 bits per heavy atom. The molecule has 0 saturated heterocycles. The quantitative estimate of drug-likeness (QED) is 0.789. The van der Waals surface area contributed by atoms with Gasteiger partial charge in [-0.25, -0.2) is 9.18 Å². The summed E-state index contributed by atoms with van der Waals surface area (Å²) < 4.78 is 13.5. The fourth-order valence-electron chi connectivity index (χ4n) is 2.24. The lowest BCUT2D eigenvalue weighted by atomic mass is 9.97. The third-order valence-corrected chi connectivity index (χ3v) is 3.73. The second-order valence-corrected chi connectivity index (χ2v) is 5.35. The molecule has 2 aromatic carbocycles. The van der Waals surface area contributed by atoms with E-state index in [-0.39, 0.29) is 11.8 Å². The van der Waals surface area contributed by atoms with Crippen molar-refractivity contribution in [3.63, 3.8) is 0 Å². The molecule has 0 aliphatic carbocycles. The lowest BCUT2D eigenvalue weighted by Gasteiger charge is -2.15. The van der Waals surface area contributed by atoms with Crippen LogP contribution >= 0.6 is 0 Å². The third-order valence-electron chi connectivity index (χ3n) is 3.73. The van der Waals surface area contributed by atoms with Gasteiger partial charge in [-0.3, -0.25) is 0 Å². The van der Waals surface area contributed by atoms with Gasteiger partial charge in [0.05, 0.1) is 0 Å². The molecule has 23 heavy (non-hydrogen) atoms. The second-order valence-electron chi connectivity index (χ2n) is 5.35. The van der Waals surface area contributed by atoms with Gasteiger partial charge >= 0.3 is 6.03 Å². The third kappa shape index (κ3) is 4.68. The first-order valence-electron chi connectivity index (χ1n) is 7.69. The van der Waals surface area contributed by atoms with Crippen LogP contribution in [0.25, 0.3) is 6.08 Å². The average molecular weight is 312 g/mol. The van der Waals surface area contributed by atoms with E-state index in [1.807, 2.05) is 24.3 Å². The molecule has 0 aliphatic rings. The summed E-state index contributed by atoms with van der Waals surface area (Å²) in [5.41, 5.74) is 2.31. The van der Waals surface area contributed by atoms with Crippen molar-refractivity contribution in [1.82, 2.24) is 5.32 Å². The van der Waals surface area contributed by atoms with Gasteiger partial charge < -0.3 is 10.6 Å². The van der Waals surface area contributed by atoms with Crippen molar-refractivity contribution in [2.75, 3.05) is 5.32 Å². The summed E-state index contributed by atoms with van der Waals surface area (Å²) in [6.45, 7) is 4.23. The Kier molecular flexibility index (Phi) is 5.92. The molecule has 0 bridgehead atoms. The van der Waals surface area contributed by atoms with Crippen molar-refractivity contribution in [3.8, 4) is 0 Å². The normalized spacial score (nSPS) is 12.1. The van der Waals surface area contributed by atoms with Crippen LogP contribution in [-0.2, 0) is 0 Å². The zero-order valence-electron chi connectivity index (χ0n) is 13.3. The monoisotopic (exact) mass is 312 g/mol. The largest absolute Gasteiger partial charge is 0.323 e. The fraction of sp³-hybridized carbons (Fsp3) is 0.211. The van der Waals surface area contributed by atoms with Gasteiger partial charge in [-0.1, -0.05) is 50.2 Å². The highest BCUT2D eigenvalue weighted by Crippen LogP contribution is 2.26. The zero-order chi connectivity index (χ0) is 16.7. The smallest absolute Gasteiger partial charge is 0.314 e. The van der Waals surface area contributed by atoms with Crippen molar-refractivity contribution < 1.29 is 9.18 Å². The van der Waals surface area contributed by atoms with E-state index >= 15 is 0 Å². The summed E-state index contributed by atoms with van der Waals surface area (Å²) in [5, 5.41) is 5.43. The Morgan fingerprint density at radius 3 is 2.61 bits per heavy atom. The van der Waals surface area contributed by atoms with Crippen LogP contribution in [0.3, 0.4) is 0 Å². The van der Waals surface area contributed by atoms with Gasteiger partial charge in [-0.15, -0.1) is 0 Å². The van der Waals surface area contributed by atoms with E-state index in [1.165, 1.54) is 18.3 Å². The van der Waals surface area contributed by atoms with Crippen molar-refractivity contribution in [3.05, 3.63) is 71.7 Å². The highest BCUT2D eigenvalue weighted by Gasteiger charge is 2.10. The number of nitrogens with one attached hydrogen (secondary N) is 2. The number of hydrogen-bond donors (Lipinski definition) is 2. The molecular formula is C19H21FN2O. The fourth-order valence-corrected chi connectivity index (χ4v) is 2.24. The first-order valence-corrected chi connectivity index (χ1v) is 7.69. The van der Waals surface area contributed by atoms with E-state index in [4.69, 9.17) is 0 Å². The number of hydrogen-bond acceptors (Lipinski definition) is 1. The van der Waals surface area contributed by atoms with Gasteiger partial charge in [-0.2, -0.15) is 0 Å². The Morgan fingerprint density at radius 1 is 1.17 bits per heavy atom. The van der Waals surface area contributed by atoms with Gasteiger partial charge in [0.15, 0.2) is 0 Å². The molecule has 0 heterocycles. The van der Waals surface area contributed by atoms with Crippen molar-refractivity contribution in [2.45, 2.75) is 26.2 Å². The Hall–Kier alpha value is -2.62. The maximum Gasteiger partial charge on any atom is 0.323 e. The first kappa shape index (κ1) is 16.7. The van der Waals surface area contributed by atoms with Crippen LogP contribution in [0.1, 0.15) is 37.3 Å². The lowest BCUT2D eigenvalue weighted by Crippen LogP contribution is -2.24. The summed E-state index contributed by atoms with van der Waals surface area (Å²) in [6.07, 6.45) is 3.95. The van der Waals surface area contributed by atoms with Gasteiger partial charge in [0.25, 0.3) is 0 Å². The molecule has 0 aromatic heterocycles. The number of amides is 2. The average Bonchev–Trinajstić information content (AvgIpc) is 2.56.